The second-order valence-corrected chi connectivity index (χ2v) is 3.88. The summed E-state index contributed by atoms with van der Waals surface area (Å²) in [6.45, 7) is 0. The van der Waals surface area contributed by atoms with Crippen LogP contribution in [0.4, 0.5) is 4.39 Å². The molecule has 0 amide bonds. The molecule has 0 aliphatic rings. The van der Waals surface area contributed by atoms with Crippen LogP contribution in [0.1, 0.15) is 15.9 Å². The van der Waals surface area contributed by atoms with Gasteiger partial charge in [0.15, 0.2) is 5.78 Å². The molecule has 1 aromatic carbocycles. The van der Waals surface area contributed by atoms with Crippen molar-refractivity contribution >= 4 is 29.0 Å². The second-order valence-electron chi connectivity index (χ2n) is 3.18. The van der Waals surface area contributed by atoms with Crippen molar-refractivity contribution in [2.75, 3.05) is 0 Å². The van der Waals surface area contributed by atoms with Gasteiger partial charge in [0.2, 0.25) is 5.28 Å². The third kappa shape index (κ3) is 2.60. The van der Waals surface area contributed by atoms with E-state index in [0.29, 0.717) is 0 Å². The standard InChI is InChI=1S/C11H5Cl2FN2O/c12-10-8(5-15-11(13)16-10)9(17)6-2-1-3-7(14)4-6/h1-5H. The van der Waals surface area contributed by atoms with Crippen LogP contribution in [0.5, 0.6) is 0 Å². The van der Waals surface area contributed by atoms with E-state index in [1.54, 1.807) is 0 Å². The first-order valence-corrected chi connectivity index (χ1v) is 5.32. The summed E-state index contributed by atoms with van der Waals surface area (Å²) < 4.78 is 13.0. The van der Waals surface area contributed by atoms with Gasteiger partial charge < -0.3 is 0 Å². The van der Waals surface area contributed by atoms with Crippen LogP contribution in [0.25, 0.3) is 0 Å². The average Bonchev–Trinajstić information content (AvgIpc) is 2.28. The SMILES string of the molecule is O=C(c1cccc(F)c1)c1cnc(Cl)nc1Cl. The Kier molecular flexibility index (Phi) is 3.36. The molecule has 0 saturated carbocycles. The number of carbonyl (C=O) groups excluding carboxylic acids is 1. The molecule has 0 aliphatic heterocycles. The molecule has 2 rings (SSSR count). The molecule has 6 heteroatoms. The zero-order valence-electron chi connectivity index (χ0n) is 8.32. The number of rotatable bonds is 2. The molecule has 2 aromatic rings. The van der Waals surface area contributed by atoms with E-state index < -0.39 is 11.6 Å². The number of hydrogen-bond acceptors (Lipinski definition) is 3. The summed E-state index contributed by atoms with van der Waals surface area (Å²) in [7, 11) is 0. The highest BCUT2D eigenvalue weighted by molar-refractivity contribution is 6.35. The first-order valence-electron chi connectivity index (χ1n) is 4.56. The van der Waals surface area contributed by atoms with Crippen molar-refractivity contribution in [2.45, 2.75) is 0 Å². The lowest BCUT2D eigenvalue weighted by molar-refractivity contribution is 0.103. The molecule has 0 bridgehead atoms. The zero-order valence-corrected chi connectivity index (χ0v) is 9.84. The highest BCUT2D eigenvalue weighted by atomic mass is 35.5. The summed E-state index contributed by atoms with van der Waals surface area (Å²) in [5, 5.41) is -0.106. The third-order valence-corrected chi connectivity index (χ3v) is 2.51. The smallest absolute Gasteiger partial charge is 0.223 e. The lowest BCUT2D eigenvalue weighted by Crippen LogP contribution is -2.04. The zero-order chi connectivity index (χ0) is 12.4. The Labute approximate surface area is 106 Å². The Balaban J connectivity index is 2.44. The van der Waals surface area contributed by atoms with Gasteiger partial charge in [-0.05, 0) is 23.7 Å². The van der Waals surface area contributed by atoms with Crippen molar-refractivity contribution in [1.29, 1.82) is 0 Å². The molecule has 0 atom stereocenters. The molecule has 86 valence electrons. The predicted octanol–water partition coefficient (Wildman–Crippen LogP) is 3.15. The van der Waals surface area contributed by atoms with Gasteiger partial charge in [0, 0.05) is 11.8 Å². The van der Waals surface area contributed by atoms with Crippen molar-refractivity contribution in [3.8, 4) is 0 Å². The lowest BCUT2D eigenvalue weighted by atomic mass is 10.1. The van der Waals surface area contributed by atoms with Crippen LogP contribution in [0, 0.1) is 5.82 Å². The van der Waals surface area contributed by atoms with Gasteiger partial charge in [0.05, 0.1) is 5.56 Å². The van der Waals surface area contributed by atoms with Gasteiger partial charge in [-0.2, -0.15) is 0 Å². The van der Waals surface area contributed by atoms with Gasteiger partial charge in [0.1, 0.15) is 11.0 Å². The Morgan fingerprint density at radius 3 is 2.71 bits per heavy atom. The van der Waals surface area contributed by atoms with E-state index in [1.165, 1.54) is 24.4 Å². The molecule has 0 N–H and O–H groups in total. The van der Waals surface area contributed by atoms with Crippen molar-refractivity contribution in [3.05, 3.63) is 57.8 Å². The third-order valence-electron chi connectivity index (χ3n) is 2.04. The van der Waals surface area contributed by atoms with Crippen LogP contribution in [0.15, 0.2) is 30.5 Å². The minimum atomic E-state index is -0.498. The number of benzene rings is 1. The number of hydrogen-bond donors (Lipinski definition) is 0. The highest BCUT2D eigenvalue weighted by Gasteiger charge is 2.15. The maximum Gasteiger partial charge on any atom is 0.223 e. The number of aromatic nitrogens is 2. The van der Waals surface area contributed by atoms with E-state index in [4.69, 9.17) is 23.2 Å². The Morgan fingerprint density at radius 2 is 2.06 bits per heavy atom. The van der Waals surface area contributed by atoms with Gasteiger partial charge >= 0.3 is 0 Å². The van der Waals surface area contributed by atoms with Crippen molar-refractivity contribution in [2.24, 2.45) is 0 Å². The Bertz CT molecular complexity index is 589. The van der Waals surface area contributed by atoms with E-state index >= 15 is 0 Å². The van der Waals surface area contributed by atoms with E-state index in [0.717, 1.165) is 6.07 Å². The molecule has 3 nitrogen and oxygen atoms in total. The van der Waals surface area contributed by atoms with Crippen molar-refractivity contribution in [1.82, 2.24) is 9.97 Å². The topological polar surface area (TPSA) is 42.9 Å². The monoisotopic (exact) mass is 270 g/mol. The fraction of sp³-hybridized carbons (Fsp3) is 0. The van der Waals surface area contributed by atoms with E-state index in [2.05, 4.69) is 9.97 Å². The van der Waals surface area contributed by atoms with Crippen LogP contribution < -0.4 is 0 Å². The van der Waals surface area contributed by atoms with Crippen molar-refractivity contribution < 1.29 is 9.18 Å². The quantitative estimate of drug-likeness (QED) is 0.478. The summed E-state index contributed by atoms with van der Waals surface area (Å²) in [6, 6.07) is 5.29. The van der Waals surface area contributed by atoms with E-state index in [1.807, 2.05) is 0 Å². The van der Waals surface area contributed by atoms with Gasteiger partial charge in [-0.25, -0.2) is 14.4 Å². The maximum atomic E-state index is 13.0. The molecule has 0 saturated heterocycles. The second kappa shape index (κ2) is 4.77. The van der Waals surface area contributed by atoms with Crippen LogP contribution >= 0.6 is 23.2 Å². The van der Waals surface area contributed by atoms with Gasteiger partial charge in [-0.15, -0.1) is 0 Å². The normalized spacial score (nSPS) is 10.3. The predicted molar refractivity (Wildman–Crippen MR) is 61.9 cm³/mol. The maximum absolute atomic E-state index is 13.0. The lowest BCUT2D eigenvalue weighted by Gasteiger charge is -2.02. The Hall–Kier alpha value is -1.52. The van der Waals surface area contributed by atoms with Gasteiger partial charge in [-0.3, -0.25) is 4.79 Å². The van der Waals surface area contributed by atoms with Gasteiger partial charge in [-0.1, -0.05) is 23.7 Å². The summed E-state index contributed by atoms with van der Waals surface area (Å²) in [4.78, 5) is 19.3. The van der Waals surface area contributed by atoms with Crippen LogP contribution in [0.2, 0.25) is 10.4 Å². The molecular weight excluding hydrogens is 266 g/mol. The van der Waals surface area contributed by atoms with Crippen molar-refractivity contribution in [3.63, 3.8) is 0 Å². The first-order chi connectivity index (χ1) is 8.08. The Morgan fingerprint density at radius 1 is 1.29 bits per heavy atom. The number of nitrogens with zero attached hydrogens (tertiary/aromatic N) is 2. The summed E-state index contributed by atoms with van der Waals surface area (Å²) in [6.07, 6.45) is 1.21. The minimum Gasteiger partial charge on any atom is -0.288 e. The fourth-order valence-corrected chi connectivity index (χ4v) is 1.67. The average molecular weight is 271 g/mol. The number of carbonyl (C=O) groups is 1. The fourth-order valence-electron chi connectivity index (χ4n) is 1.28. The molecule has 0 unspecified atom stereocenters. The minimum absolute atomic E-state index is 0.0502. The van der Waals surface area contributed by atoms with E-state index in [9.17, 15) is 9.18 Å². The number of halogens is 3. The first kappa shape index (κ1) is 12.0. The molecule has 1 aromatic heterocycles. The van der Waals surface area contributed by atoms with Crippen LogP contribution in [-0.2, 0) is 0 Å². The molecule has 0 aliphatic carbocycles. The summed E-state index contributed by atoms with van der Waals surface area (Å²) in [5.74, 6) is -0.951. The van der Waals surface area contributed by atoms with Crippen LogP contribution in [0.3, 0.4) is 0 Å². The molecule has 0 radical (unpaired) electrons. The molecule has 17 heavy (non-hydrogen) atoms. The molecule has 0 spiro atoms. The highest BCUT2D eigenvalue weighted by Crippen LogP contribution is 2.18. The largest absolute Gasteiger partial charge is 0.288 e. The van der Waals surface area contributed by atoms with Gasteiger partial charge in [0.25, 0.3) is 0 Å². The summed E-state index contributed by atoms with van der Waals surface area (Å²) >= 11 is 11.3. The number of ketones is 1. The van der Waals surface area contributed by atoms with E-state index in [-0.39, 0.29) is 21.6 Å². The molecular formula is C11H5Cl2FN2O. The molecule has 0 fully saturated rings. The van der Waals surface area contributed by atoms with Crippen LogP contribution in [-0.4, -0.2) is 15.8 Å². The summed E-state index contributed by atoms with van der Waals surface area (Å²) in [5.41, 5.74) is 0.263. The molecule has 1 heterocycles.